The number of aryl methyl sites for hydroxylation is 1. The van der Waals surface area contributed by atoms with Crippen LogP contribution < -0.4 is 10.2 Å². The van der Waals surface area contributed by atoms with E-state index in [2.05, 4.69) is 40.9 Å². The minimum absolute atomic E-state index is 0.520. The summed E-state index contributed by atoms with van der Waals surface area (Å²) in [5.74, 6) is 1.88. The summed E-state index contributed by atoms with van der Waals surface area (Å²) in [6, 6.07) is 1.23. The Kier molecular flexibility index (Phi) is 4.29. The second kappa shape index (κ2) is 6.18. The third kappa shape index (κ3) is 2.98. The van der Waals surface area contributed by atoms with Crippen LogP contribution in [0.4, 0.5) is 11.8 Å². The van der Waals surface area contributed by atoms with E-state index in [-0.39, 0.29) is 0 Å². The Hall–Kier alpha value is -1.36. The van der Waals surface area contributed by atoms with E-state index in [0.717, 1.165) is 37.8 Å². The first kappa shape index (κ1) is 14.6. The molecule has 3 rings (SSSR count). The summed E-state index contributed by atoms with van der Waals surface area (Å²) in [4.78, 5) is 14.3. The maximum atomic E-state index is 4.78. The zero-order valence-corrected chi connectivity index (χ0v) is 13.5. The van der Waals surface area contributed by atoms with E-state index in [1.165, 1.54) is 24.9 Å². The van der Waals surface area contributed by atoms with Crippen molar-refractivity contribution in [2.45, 2.75) is 52.1 Å². The fraction of sp³-hybridized carbons (Fsp3) is 0.750. The molecule has 0 saturated carbocycles. The second-order valence-corrected chi connectivity index (χ2v) is 6.42. The van der Waals surface area contributed by atoms with Crippen LogP contribution in [0.5, 0.6) is 0 Å². The molecule has 2 aliphatic rings. The van der Waals surface area contributed by atoms with Crippen molar-refractivity contribution in [1.29, 1.82) is 0 Å². The van der Waals surface area contributed by atoms with E-state index >= 15 is 0 Å². The van der Waals surface area contributed by atoms with E-state index < -0.39 is 0 Å². The fourth-order valence-corrected chi connectivity index (χ4v) is 3.53. The van der Waals surface area contributed by atoms with Crippen molar-refractivity contribution in [3.05, 3.63) is 11.8 Å². The van der Waals surface area contributed by atoms with Gasteiger partial charge in [-0.25, -0.2) is 4.98 Å². The van der Waals surface area contributed by atoms with Gasteiger partial charge in [-0.05, 0) is 39.7 Å². The first-order valence-corrected chi connectivity index (χ1v) is 8.27. The van der Waals surface area contributed by atoms with E-state index in [1.54, 1.807) is 0 Å². The molecule has 21 heavy (non-hydrogen) atoms. The van der Waals surface area contributed by atoms with E-state index in [9.17, 15) is 0 Å². The molecule has 0 amide bonds. The maximum Gasteiger partial charge on any atom is 0.224 e. The number of aromatic nitrogens is 2. The molecule has 1 aromatic heterocycles. The SMILES string of the molecule is CCCNc1ncc(C)c(N2CC3CCCN3CC2C)n1. The molecule has 5 heteroatoms. The first-order valence-electron chi connectivity index (χ1n) is 8.27. The fourth-order valence-electron chi connectivity index (χ4n) is 3.53. The van der Waals surface area contributed by atoms with Gasteiger partial charge in [-0.3, -0.25) is 4.90 Å². The van der Waals surface area contributed by atoms with Crippen molar-refractivity contribution in [3.8, 4) is 0 Å². The summed E-state index contributed by atoms with van der Waals surface area (Å²) in [6.45, 7) is 11.0. The number of hydrogen-bond donors (Lipinski definition) is 1. The van der Waals surface area contributed by atoms with Crippen LogP contribution in [0.25, 0.3) is 0 Å². The van der Waals surface area contributed by atoms with Gasteiger partial charge in [0.15, 0.2) is 0 Å². The van der Waals surface area contributed by atoms with Crippen molar-refractivity contribution in [2.24, 2.45) is 0 Å². The highest BCUT2D eigenvalue weighted by atomic mass is 15.3. The minimum Gasteiger partial charge on any atom is -0.354 e. The molecule has 0 aliphatic carbocycles. The van der Waals surface area contributed by atoms with Crippen molar-refractivity contribution < 1.29 is 0 Å². The highest BCUT2D eigenvalue weighted by Gasteiger charge is 2.35. The molecular weight excluding hydrogens is 262 g/mol. The van der Waals surface area contributed by atoms with Gasteiger partial charge in [-0.2, -0.15) is 4.98 Å². The number of nitrogens with one attached hydrogen (secondary N) is 1. The van der Waals surface area contributed by atoms with E-state index in [1.807, 2.05) is 6.20 Å². The van der Waals surface area contributed by atoms with Gasteiger partial charge in [0.2, 0.25) is 5.95 Å². The minimum atomic E-state index is 0.520. The van der Waals surface area contributed by atoms with Crippen LogP contribution in [0.15, 0.2) is 6.20 Å². The van der Waals surface area contributed by atoms with Crippen LogP contribution in [0.2, 0.25) is 0 Å². The first-order chi connectivity index (χ1) is 10.2. The van der Waals surface area contributed by atoms with Crippen LogP contribution in [0.3, 0.4) is 0 Å². The van der Waals surface area contributed by atoms with E-state index in [0.29, 0.717) is 12.1 Å². The lowest BCUT2D eigenvalue weighted by molar-refractivity contribution is 0.202. The Bertz CT molecular complexity index is 490. The van der Waals surface area contributed by atoms with Gasteiger partial charge in [0.05, 0.1) is 0 Å². The summed E-state index contributed by atoms with van der Waals surface area (Å²) >= 11 is 0. The van der Waals surface area contributed by atoms with Crippen LogP contribution in [-0.2, 0) is 0 Å². The smallest absolute Gasteiger partial charge is 0.224 e. The van der Waals surface area contributed by atoms with Crippen molar-refractivity contribution in [1.82, 2.24) is 14.9 Å². The molecule has 0 radical (unpaired) electrons. The third-order valence-corrected chi connectivity index (χ3v) is 4.69. The molecule has 2 fully saturated rings. The number of rotatable bonds is 4. The zero-order chi connectivity index (χ0) is 14.8. The Morgan fingerprint density at radius 3 is 3.05 bits per heavy atom. The number of fused-ring (bicyclic) bond motifs is 1. The van der Waals surface area contributed by atoms with E-state index in [4.69, 9.17) is 4.98 Å². The third-order valence-electron chi connectivity index (χ3n) is 4.69. The lowest BCUT2D eigenvalue weighted by Gasteiger charge is -2.43. The topological polar surface area (TPSA) is 44.3 Å². The Balaban J connectivity index is 1.81. The molecule has 0 aromatic carbocycles. The summed E-state index contributed by atoms with van der Waals surface area (Å²) in [7, 11) is 0. The summed E-state index contributed by atoms with van der Waals surface area (Å²) in [5, 5.41) is 3.30. The van der Waals surface area contributed by atoms with Gasteiger partial charge >= 0.3 is 0 Å². The molecule has 1 N–H and O–H groups in total. The average Bonchev–Trinajstić information content (AvgIpc) is 2.93. The molecule has 5 nitrogen and oxygen atoms in total. The number of hydrogen-bond acceptors (Lipinski definition) is 5. The monoisotopic (exact) mass is 289 g/mol. The van der Waals surface area contributed by atoms with Gasteiger partial charge < -0.3 is 10.2 Å². The largest absolute Gasteiger partial charge is 0.354 e. The Labute approximate surface area is 127 Å². The highest BCUT2D eigenvalue weighted by Crippen LogP contribution is 2.29. The summed E-state index contributed by atoms with van der Waals surface area (Å²) in [6.07, 6.45) is 5.71. The Morgan fingerprint density at radius 2 is 2.24 bits per heavy atom. The zero-order valence-electron chi connectivity index (χ0n) is 13.5. The molecule has 0 spiro atoms. The molecule has 1 aromatic rings. The average molecular weight is 289 g/mol. The van der Waals surface area contributed by atoms with Crippen LogP contribution in [0, 0.1) is 6.92 Å². The molecular formula is C16H27N5. The number of anilines is 2. The molecule has 2 atom stereocenters. The Morgan fingerprint density at radius 1 is 1.38 bits per heavy atom. The van der Waals surface area contributed by atoms with Gasteiger partial charge in [0, 0.05) is 43.5 Å². The highest BCUT2D eigenvalue weighted by molar-refractivity contribution is 5.50. The maximum absolute atomic E-state index is 4.78. The number of nitrogens with zero attached hydrogens (tertiary/aromatic N) is 4. The normalized spacial score (nSPS) is 26.0. The van der Waals surface area contributed by atoms with Crippen molar-refractivity contribution >= 4 is 11.8 Å². The standard InChI is InChI=1S/C16H27N5/c1-4-7-17-16-18-9-12(2)15(19-16)21-11-14-6-5-8-20(14)10-13(21)3/h9,13-14H,4-8,10-11H2,1-3H3,(H,17,18,19). The van der Waals surface area contributed by atoms with Crippen molar-refractivity contribution in [3.63, 3.8) is 0 Å². The molecule has 3 heterocycles. The molecule has 2 unspecified atom stereocenters. The second-order valence-electron chi connectivity index (χ2n) is 6.42. The summed E-state index contributed by atoms with van der Waals surface area (Å²) in [5.41, 5.74) is 1.18. The molecule has 0 bridgehead atoms. The predicted octanol–water partition coefficient (Wildman–Crippen LogP) is 2.28. The van der Waals surface area contributed by atoms with Crippen LogP contribution in [-0.4, -0.2) is 53.1 Å². The summed E-state index contributed by atoms with van der Waals surface area (Å²) < 4.78 is 0. The van der Waals surface area contributed by atoms with Crippen molar-refractivity contribution in [2.75, 3.05) is 36.4 Å². The van der Waals surface area contributed by atoms with Crippen LogP contribution >= 0.6 is 0 Å². The van der Waals surface area contributed by atoms with Gasteiger partial charge in [0.1, 0.15) is 5.82 Å². The molecule has 2 aliphatic heterocycles. The molecule has 116 valence electrons. The van der Waals surface area contributed by atoms with Gasteiger partial charge in [0.25, 0.3) is 0 Å². The number of piperazine rings is 1. The predicted molar refractivity (Wildman–Crippen MR) is 87.0 cm³/mol. The quantitative estimate of drug-likeness (QED) is 0.921. The lowest BCUT2D eigenvalue weighted by atomic mass is 10.1. The lowest BCUT2D eigenvalue weighted by Crippen LogP contribution is -2.55. The van der Waals surface area contributed by atoms with Gasteiger partial charge in [-0.1, -0.05) is 6.92 Å². The van der Waals surface area contributed by atoms with Crippen LogP contribution in [0.1, 0.15) is 38.7 Å². The molecule has 2 saturated heterocycles. The van der Waals surface area contributed by atoms with Gasteiger partial charge in [-0.15, -0.1) is 0 Å².